The minimum atomic E-state index is -1.47. The monoisotopic (exact) mass is 377 g/mol. The second kappa shape index (κ2) is 6.48. The van der Waals surface area contributed by atoms with Crippen molar-refractivity contribution in [1.82, 2.24) is 24.3 Å². The molecule has 0 fully saturated rings. The van der Waals surface area contributed by atoms with Gasteiger partial charge in [-0.25, -0.2) is 28.7 Å². The van der Waals surface area contributed by atoms with Gasteiger partial charge in [0.05, 0.1) is 0 Å². The van der Waals surface area contributed by atoms with E-state index in [-0.39, 0.29) is 17.3 Å². The molecule has 7 nitrogen and oxygen atoms in total. The van der Waals surface area contributed by atoms with Crippen LogP contribution in [0.2, 0.25) is 0 Å². The second-order valence-electron chi connectivity index (χ2n) is 6.71. The fourth-order valence-electron chi connectivity index (χ4n) is 2.75. The van der Waals surface area contributed by atoms with E-state index < -0.39 is 11.4 Å². The normalized spacial score (nSPS) is 12.3. The Balaban J connectivity index is 2.41. The first kappa shape index (κ1) is 18.5. The van der Waals surface area contributed by atoms with Crippen molar-refractivity contribution < 1.29 is 9.50 Å². The predicted octanol–water partition coefficient (Wildman–Crippen LogP) is 2.65. The number of halogens is 1. The highest BCUT2D eigenvalue weighted by atomic mass is 32.2. The lowest BCUT2D eigenvalue weighted by Crippen LogP contribution is -2.26. The molecule has 0 spiro atoms. The summed E-state index contributed by atoms with van der Waals surface area (Å²) in [5, 5.41) is 11.1. The molecule has 0 aromatic carbocycles. The summed E-state index contributed by atoms with van der Waals surface area (Å²) in [5.74, 6) is -0.314. The summed E-state index contributed by atoms with van der Waals surface area (Å²) in [6.45, 7) is 6.64. The van der Waals surface area contributed by atoms with E-state index in [1.165, 1.54) is 48.6 Å². The lowest BCUT2D eigenvalue weighted by molar-refractivity contribution is 0.0694. The minimum Gasteiger partial charge on any atom is -0.384 e. The number of hydrogen-bond donors (Lipinski definition) is 1. The Morgan fingerprint density at radius 1 is 1.27 bits per heavy atom. The Morgan fingerprint density at radius 2 is 1.96 bits per heavy atom. The van der Waals surface area contributed by atoms with Gasteiger partial charge in [0, 0.05) is 12.2 Å². The zero-order valence-corrected chi connectivity index (χ0v) is 16.0. The van der Waals surface area contributed by atoms with E-state index in [0.717, 1.165) is 0 Å². The molecular formula is C17H20FN5O2S. The molecule has 0 aliphatic rings. The average molecular weight is 377 g/mol. The van der Waals surface area contributed by atoms with Crippen LogP contribution in [0.15, 0.2) is 28.3 Å². The molecule has 0 atom stereocenters. The molecule has 3 heterocycles. The van der Waals surface area contributed by atoms with Crippen molar-refractivity contribution in [2.24, 2.45) is 0 Å². The summed E-state index contributed by atoms with van der Waals surface area (Å²) in [7, 11) is 0. The van der Waals surface area contributed by atoms with Gasteiger partial charge in [-0.15, -0.1) is 0 Å². The third-order valence-corrected chi connectivity index (χ3v) is 4.46. The first-order valence-corrected chi connectivity index (χ1v) is 9.31. The van der Waals surface area contributed by atoms with E-state index in [1.807, 2.05) is 20.1 Å². The van der Waals surface area contributed by atoms with Crippen LogP contribution in [-0.2, 0) is 5.60 Å². The van der Waals surface area contributed by atoms with Crippen LogP contribution in [0.25, 0.3) is 16.9 Å². The molecule has 138 valence electrons. The van der Waals surface area contributed by atoms with Crippen LogP contribution >= 0.6 is 11.8 Å². The zero-order valence-electron chi connectivity index (χ0n) is 15.2. The molecule has 0 aliphatic heterocycles. The number of fused-ring (bicyclic) bond motifs is 1. The molecule has 1 N–H and O–H groups in total. The Hall–Kier alpha value is -2.26. The van der Waals surface area contributed by atoms with Gasteiger partial charge in [-0.05, 0) is 46.1 Å². The van der Waals surface area contributed by atoms with Crippen LogP contribution in [0.5, 0.6) is 0 Å². The molecule has 3 aromatic heterocycles. The first-order chi connectivity index (χ1) is 12.1. The second-order valence-corrected chi connectivity index (χ2v) is 7.48. The van der Waals surface area contributed by atoms with Gasteiger partial charge in [0.25, 0.3) is 5.56 Å². The molecular weight excluding hydrogens is 357 g/mol. The fraction of sp³-hybridized carbons (Fsp3) is 0.412. The maximum Gasteiger partial charge on any atom is 0.278 e. The largest absolute Gasteiger partial charge is 0.384 e. The lowest BCUT2D eigenvalue weighted by Gasteiger charge is -2.20. The van der Waals surface area contributed by atoms with Gasteiger partial charge in [-0.3, -0.25) is 4.79 Å². The lowest BCUT2D eigenvalue weighted by atomic mass is 10.0. The van der Waals surface area contributed by atoms with E-state index in [9.17, 15) is 14.3 Å². The SMILES string of the molecule is CSc1ncc2c(=O)n(C(C)C)n(-c3ccc(F)c(C(C)(C)O)n3)c2n1. The Kier molecular flexibility index (Phi) is 4.61. The molecule has 0 amide bonds. The highest BCUT2D eigenvalue weighted by Crippen LogP contribution is 2.24. The maximum absolute atomic E-state index is 14.1. The molecule has 0 radical (unpaired) electrons. The van der Waals surface area contributed by atoms with Gasteiger partial charge in [0.15, 0.2) is 16.6 Å². The van der Waals surface area contributed by atoms with Crippen molar-refractivity contribution in [2.45, 2.75) is 44.5 Å². The summed E-state index contributed by atoms with van der Waals surface area (Å²) in [6.07, 6.45) is 3.33. The Morgan fingerprint density at radius 3 is 2.54 bits per heavy atom. The van der Waals surface area contributed by atoms with Gasteiger partial charge in [-0.2, -0.15) is 0 Å². The van der Waals surface area contributed by atoms with Crippen molar-refractivity contribution in [3.63, 3.8) is 0 Å². The molecule has 0 bridgehead atoms. The van der Waals surface area contributed by atoms with Crippen LogP contribution in [0.4, 0.5) is 4.39 Å². The quantitative estimate of drug-likeness (QED) is 0.556. The Labute approximate surface area is 153 Å². The number of pyridine rings is 1. The van der Waals surface area contributed by atoms with E-state index in [4.69, 9.17) is 0 Å². The van der Waals surface area contributed by atoms with E-state index >= 15 is 0 Å². The number of hydrogen-bond acceptors (Lipinski definition) is 6. The molecule has 26 heavy (non-hydrogen) atoms. The van der Waals surface area contributed by atoms with Crippen molar-refractivity contribution in [3.8, 4) is 5.82 Å². The fourth-order valence-corrected chi connectivity index (χ4v) is 3.08. The summed E-state index contributed by atoms with van der Waals surface area (Å²) in [4.78, 5) is 25.7. The van der Waals surface area contributed by atoms with Crippen molar-refractivity contribution >= 4 is 22.8 Å². The minimum absolute atomic E-state index is 0.0984. The predicted molar refractivity (Wildman–Crippen MR) is 98.3 cm³/mol. The molecule has 0 aliphatic carbocycles. The summed E-state index contributed by atoms with van der Waals surface area (Å²) in [5.41, 5.74) is -1.42. The summed E-state index contributed by atoms with van der Waals surface area (Å²) in [6, 6.07) is 2.50. The van der Waals surface area contributed by atoms with Gasteiger partial charge in [0.1, 0.15) is 22.5 Å². The molecule has 0 saturated carbocycles. The molecule has 3 aromatic rings. The standard InChI is InChI=1S/C17H20FN5O2S/c1-9(2)22-15(24)10-8-19-16(26-5)21-14(10)23(22)12-7-6-11(18)13(20-12)17(3,4)25/h6-9,25H,1-5H3. The molecule has 9 heteroatoms. The number of nitrogens with zero attached hydrogens (tertiary/aromatic N) is 5. The number of rotatable bonds is 4. The van der Waals surface area contributed by atoms with Gasteiger partial charge >= 0.3 is 0 Å². The zero-order chi connectivity index (χ0) is 19.2. The first-order valence-electron chi connectivity index (χ1n) is 8.09. The maximum atomic E-state index is 14.1. The number of aromatic nitrogens is 5. The Bertz CT molecular complexity index is 1040. The third-order valence-electron chi connectivity index (χ3n) is 3.90. The van der Waals surface area contributed by atoms with Crippen LogP contribution in [0, 0.1) is 5.82 Å². The number of aliphatic hydroxyl groups is 1. The molecule has 3 rings (SSSR count). The van der Waals surface area contributed by atoms with E-state index in [2.05, 4.69) is 15.0 Å². The van der Waals surface area contributed by atoms with Crippen molar-refractivity contribution in [3.05, 3.63) is 40.2 Å². The van der Waals surface area contributed by atoms with Gasteiger partial charge in [0.2, 0.25) is 0 Å². The topological polar surface area (TPSA) is 85.8 Å². The molecule has 0 unspecified atom stereocenters. The number of thioether (sulfide) groups is 1. The van der Waals surface area contributed by atoms with Gasteiger partial charge in [-0.1, -0.05) is 11.8 Å². The van der Waals surface area contributed by atoms with E-state index in [1.54, 1.807) is 4.68 Å². The van der Waals surface area contributed by atoms with E-state index in [0.29, 0.717) is 22.0 Å². The summed E-state index contributed by atoms with van der Waals surface area (Å²) >= 11 is 1.35. The van der Waals surface area contributed by atoms with Gasteiger partial charge < -0.3 is 5.11 Å². The highest BCUT2D eigenvalue weighted by molar-refractivity contribution is 7.98. The molecule has 0 saturated heterocycles. The van der Waals surface area contributed by atoms with Crippen LogP contribution in [0.3, 0.4) is 0 Å². The highest BCUT2D eigenvalue weighted by Gasteiger charge is 2.25. The van der Waals surface area contributed by atoms with Crippen molar-refractivity contribution in [1.29, 1.82) is 0 Å². The summed E-state index contributed by atoms with van der Waals surface area (Å²) < 4.78 is 17.2. The average Bonchev–Trinajstić information content (AvgIpc) is 2.86. The van der Waals surface area contributed by atoms with Crippen molar-refractivity contribution in [2.75, 3.05) is 6.26 Å². The third kappa shape index (κ3) is 3.01. The smallest absolute Gasteiger partial charge is 0.278 e. The van der Waals surface area contributed by atoms with Crippen LogP contribution in [0.1, 0.15) is 39.4 Å². The van der Waals surface area contributed by atoms with Crippen LogP contribution < -0.4 is 5.56 Å². The van der Waals surface area contributed by atoms with Crippen LogP contribution in [-0.4, -0.2) is 35.7 Å².